The SMILES string of the molecule is C=CCN(CC=C)Cc1ccc(CNC)cn1. The lowest BCUT2D eigenvalue weighted by molar-refractivity contribution is 0.323. The monoisotopic (exact) mass is 231 g/mol. The molecule has 0 aliphatic heterocycles. The largest absolute Gasteiger partial charge is 0.316 e. The Morgan fingerprint density at radius 2 is 2.00 bits per heavy atom. The fourth-order valence-corrected chi connectivity index (χ4v) is 1.66. The summed E-state index contributed by atoms with van der Waals surface area (Å²) in [5.74, 6) is 0. The number of nitrogens with zero attached hydrogens (tertiary/aromatic N) is 2. The van der Waals surface area contributed by atoms with Crippen LogP contribution in [0.25, 0.3) is 0 Å². The van der Waals surface area contributed by atoms with Crippen LogP contribution in [0.1, 0.15) is 11.3 Å². The Bertz CT molecular complexity index is 333. The van der Waals surface area contributed by atoms with Crippen LogP contribution in [0, 0.1) is 0 Å². The van der Waals surface area contributed by atoms with Gasteiger partial charge in [0.25, 0.3) is 0 Å². The van der Waals surface area contributed by atoms with Crippen LogP contribution in [0.3, 0.4) is 0 Å². The first-order valence-corrected chi connectivity index (χ1v) is 5.82. The molecule has 0 aliphatic carbocycles. The predicted octanol–water partition coefficient (Wildman–Crippen LogP) is 1.97. The molecule has 0 saturated carbocycles. The van der Waals surface area contributed by atoms with Gasteiger partial charge in [0.05, 0.1) is 5.69 Å². The summed E-state index contributed by atoms with van der Waals surface area (Å²) in [5, 5.41) is 3.11. The summed E-state index contributed by atoms with van der Waals surface area (Å²) >= 11 is 0. The minimum Gasteiger partial charge on any atom is -0.316 e. The smallest absolute Gasteiger partial charge is 0.0544 e. The van der Waals surface area contributed by atoms with E-state index in [0.717, 1.165) is 31.9 Å². The van der Waals surface area contributed by atoms with Gasteiger partial charge in [0, 0.05) is 32.4 Å². The van der Waals surface area contributed by atoms with Crippen molar-refractivity contribution in [3.63, 3.8) is 0 Å². The highest BCUT2D eigenvalue weighted by Crippen LogP contribution is 2.04. The molecule has 0 aromatic carbocycles. The third kappa shape index (κ3) is 4.93. The number of hydrogen-bond acceptors (Lipinski definition) is 3. The fraction of sp³-hybridized carbons (Fsp3) is 0.357. The van der Waals surface area contributed by atoms with Crippen LogP contribution >= 0.6 is 0 Å². The molecule has 0 unspecified atom stereocenters. The number of pyridine rings is 1. The number of hydrogen-bond donors (Lipinski definition) is 1. The normalized spacial score (nSPS) is 10.5. The molecule has 3 nitrogen and oxygen atoms in total. The van der Waals surface area contributed by atoms with Gasteiger partial charge in [-0.15, -0.1) is 13.2 Å². The minimum atomic E-state index is 0.831. The molecule has 0 saturated heterocycles. The van der Waals surface area contributed by atoms with Crippen LogP contribution < -0.4 is 5.32 Å². The standard InChI is InChI=1S/C14H21N3/c1-4-8-17(9-5-2)12-14-7-6-13(10-15-3)11-16-14/h4-7,11,15H,1-2,8-10,12H2,3H3. The first-order chi connectivity index (χ1) is 8.30. The second-order valence-corrected chi connectivity index (χ2v) is 3.96. The van der Waals surface area contributed by atoms with Crippen LogP contribution in [0.4, 0.5) is 0 Å². The van der Waals surface area contributed by atoms with Crippen LogP contribution in [-0.2, 0) is 13.1 Å². The number of aromatic nitrogens is 1. The highest BCUT2D eigenvalue weighted by atomic mass is 15.1. The molecule has 0 radical (unpaired) electrons. The van der Waals surface area contributed by atoms with Gasteiger partial charge < -0.3 is 5.32 Å². The van der Waals surface area contributed by atoms with E-state index >= 15 is 0 Å². The van der Waals surface area contributed by atoms with Crippen molar-refractivity contribution in [2.45, 2.75) is 13.1 Å². The minimum absolute atomic E-state index is 0.831. The quantitative estimate of drug-likeness (QED) is 0.693. The van der Waals surface area contributed by atoms with E-state index in [9.17, 15) is 0 Å². The average Bonchev–Trinajstić information content (AvgIpc) is 2.33. The Hall–Kier alpha value is -1.45. The number of nitrogens with one attached hydrogen (secondary N) is 1. The predicted molar refractivity (Wildman–Crippen MR) is 72.7 cm³/mol. The summed E-state index contributed by atoms with van der Waals surface area (Å²) in [6, 6.07) is 4.19. The van der Waals surface area contributed by atoms with E-state index in [1.54, 1.807) is 0 Å². The van der Waals surface area contributed by atoms with E-state index in [0.29, 0.717) is 0 Å². The van der Waals surface area contributed by atoms with Crippen LogP contribution in [0.5, 0.6) is 0 Å². The van der Waals surface area contributed by atoms with E-state index in [-0.39, 0.29) is 0 Å². The summed E-state index contributed by atoms with van der Waals surface area (Å²) in [6.07, 6.45) is 5.73. The summed E-state index contributed by atoms with van der Waals surface area (Å²) in [5.41, 5.74) is 2.28. The summed E-state index contributed by atoms with van der Waals surface area (Å²) < 4.78 is 0. The molecule has 17 heavy (non-hydrogen) atoms. The summed E-state index contributed by atoms with van der Waals surface area (Å²) in [7, 11) is 1.93. The Balaban J connectivity index is 2.59. The van der Waals surface area contributed by atoms with E-state index in [1.807, 2.05) is 25.4 Å². The van der Waals surface area contributed by atoms with E-state index in [1.165, 1.54) is 5.56 Å². The van der Waals surface area contributed by atoms with E-state index in [4.69, 9.17) is 0 Å². The van der Waals surface area contributed by atoms with Crippen molar-refractivity contribution < 1.29 is 0 Å². The molecule has 1 N–H and O–H groups in total. The van der Waals surface area contributed by atoms with E-state index < -0.39 is 0 Å². The highest BCUT2D eigenvalue weighted by Gasteiger charge is 2.03. The van der Waals surface area contributed by atoms with Gasteiger partial charge in [0.15, 0.2) is 0 Å². The van der Waals surface area contributed by atoms with Crippen LogP contribution in [0.15, 0.2) is 43.6 Å². The molecular weight excluding hydrogens is 210 g/mol. The lowest BCUT2D eigenvalue weighted by Crippen LogP contribution is -2.23. The van der Waals surface area contributed by atoms with Gasteiger partial charge in [-0.05, 0) is 18.7 Å². The molecule has 0 bridgehead atoms. The van der Waals surface area contributed by atoms with Crippen molar-refractivity contribution in [1.29, 1.82) is 0 Å². The molecule has 3 heteroatoms. The zero-order valence-electron chi connectivity index (χ0n) is 10.5. The van der Waals surface area contributed by atoms with E-state index in [2.05, 4.69) is 40.5 Å². The molecule has 0 aliphatic rings. The molecular formula is C14H21N3. The molecule has 0 atom stereocenters. The molecule has 0 fully saturated rings. The zero-order valence-corrected chi connectivity index (χ0v) is 10.5. The topological polar surface area (TPSA) is 28.2 Å². The maximum absolute atomic E-state index is 4.45. The molecule has 1 aromatic heterocycles. The van der Waals surface area contributed by atoms with Crippen molar-refractivity contribution in [3.05, 3.63) is 54.9 Å². The lowest BCUT2D eigenvalue weighted by atomic mass is 10.2. The first kappa shape index (κ1) is 13.6. The Morgan fingerprint density at radius 1 is 1.29 bits per heavy atom. The van der Waals surface area contributed by atoms with Crippen molar-refractivity contribution in [1.82, 2.24) is 15.2 Å². The average molecular weight is 231 g/mol. The Morgan fingerprint density at radius 3 is 2.47 bits per heavy atom. The molecule has 1 heterocycles. The summed E-state index contributed by atoms with van der Waals surface area (Å²) in [6.45, 7) is 10.9. The zero-order chi connectivity index (χ0) is 12.5. The van der Waals surface area contributed by atoms with Gasteiger partial charge in [-0.1, -0.05) is 18.2 Å². The lowest BCUT2D eigenvalue weighted by Gasteiger charge is -2.18. The molecule has 1 rings (SSSR count). The highest BCUT2D eigenvalue weighted by molar-refractivity contribution is 5.14. The van der Waals surface area contributed by atoms with Gasteiger partial charge in [-0.25, -0.2) is 0 Å². The first-order valence-electron chi connectivity index (χ1n) is 5.82. The molecule has 1 aromatic rings. The fourth-order valence-electron chi connectivity index (χ4n) is 1.66. The number of rotatable bonds is 8. The molecule has 0 amide bonds. The van der Waals surface area contributed by atoms with Gasteiger partial charge in [0.2, 0.25) is 0 Å². The van der Waals surface area contributed by atoms with Crippen molar-refractivity contribution >= 4 is 0 Å². The second-order valence-electron chi connectivity index (χ2n) is 3.96. The molecule has 92 valence electrons. The van der Waals surface area contributed by atoms with Crippen molar-refractivity contribution in [2.75, 3.05) is 20.1 Å². The van der Waals surface area contributed by atoms with Gasteiger partial charge >= 0.3 is 0 Å². The van der Waals surface area contributed by atoms with Crippen LogP contribution in [0.2, 0.25) is 0 Å². The van der Waals surface area contributed by atoms with Crippen molar-refractivity contribution in [2.24, 2.45) is 0 Å². The summed E-state index contributed by atoms with van der Waals surface area (Å²) in [4.78, 5) is 6.69. The second kappa shape index (κ2) is 7.76. The third-order valence-corrected chi connectivity index (χ3v) is 2.43. The van der Waals surface area contributed by atoms with Gasteiger partial charge in [-0.2, -0.15) is 0 Å². The Kier molecular flexibility index (Phi) is 6.22. The van der Waals surface area contributed by atoms with Gasteiger partial charge in [-0.3, -0.25) is 9.88 Å². The maximum atomic E-state index is 4.45. The maximum Gasteiger partial charge on any atom is 0.0544 e. The van der Waals surface area contributed by atoms with Gasteiger partial charge in [0.1, 0.15) is 0 Å². The molecule has 0 spiro atoms. The third-order valence-electron chi connectivity index (χ3n) is 2.43. The Labute approximate surface area is 104 Å². The van der Waals surface area contributed by atoms with Crippen LogP contribution in [-0.4, -0.2) is 30.0 Å². The van der Waals surface area contributed by atoms with Crippen molar-refractivity contribution in [3.8, 4) is 0 Å².